The number of rotatable bonds is 4. The topological polar surface area (TPSA) is 81.1 Å². The number of aromatic nitrogens is 1. The quantitative estimate of drug-likeness (QED) is 0.607. The van der Waals surface area contributed by atoms with E-state index in [0.717, 1.165) is 0 Å². The highest BCUT2D eigenvalue weighted by Gasteiger charge is 2.29. The van der Waals surface area contributed by atoms with E-state index in [-0.39, 0.29) is 12.4 Å². The van der Waals surface area contributed by atoms with Gasteiger partial charge in [-0.1, -0.05) is 12.1 Å². The van der Waals surface area contributed by atoms with Crippen LogP contribution in [-0.2, 0) is 16.1 Å². The number of pyridine rings is 1. The smallest absolute Gasteiger partial charge is 0.416 e. The Morgan fingerprint density at radius 1 is 1.38 bits per heavy atom. The lowest BCUT2D eigenvalue weighted by Gasteiger charge is -2.29. The van der Waals surface area contributed by atoms with Gasteiger partial charge in [0.05, 0.1) is 19.6 Å². The van der Waals surface area contributed by atoms with Crippen molar-refractivity contribution in [3.63, 3.8) is 0 Å². The van der Waals surface area contributed by atoms with Crippen molar-refractivity contribution in [3.05, 3.63) is 36.0 Å². The first-order chi connectivity index (χ1) is 12.2. The summed E-state index contributed by atoms with van der Waals surface area (Å²) in [6.45, 7) is 5.28. The third kappa shape index (κ3) is 5.11. The van der Waals surface area contributed by atoms with Crippen LogP contribution in [0, 0.1) is 5.92 Å². The highest BCUT2D eigenvalue weighted by atomic mass is 19.1. The van der Waals surface area contributed by atoms with E-state index in [9.17, 15) is 14.0 Å². The number of amidine groups is 1. The van der Waals surface area contributed by atoms with E-state index in [4.69, 9.17) is 9.47 Å². The Bertz CT molecular complexity index is 710. The van der Waals surface area contributed by atoms with Crippen molar-refractivity contribution in [1.82, 2.24) is 9.88 Å². The Labute approximate surface area is 151 Å². The van der Waals surface area contributed by atoms with Crippen LogP contribution in [0.3, 0.4) is 0 Å². The molecule has 2 atom stereocenters. The summed E-state index contributed by atoms with van der Waals surface area (Å²) in [7, 11) is 1.50. The highest BCUT2D eigenvalue weighted by molar-refractivity contribution is 6.03. The summed E-state index contributed by atoms with van der Waals surface area (Å²) >= 11 is 0. The minimum atomic E-state index is -1.74. The number of aldehydes is 1. The fourth-order valence-corrected chi connectivity index (χ4v) is 2.18. The van der Waals surface area contributed by atoms with Crippen LogP contribution in [0.25, 0.3) is 0 Å². The summed E-state index contributed by atoms with van der Waals surface area (Å²) in [4.78, 5) is 32.6. The molecule has 0 saturated carbocycles. The molecule has 0 bridgehead atoms. The molecule has 0 saturated heterocycles. The minimum Gasteiger partial charge on any atom is -0.481 e. The molecule has 140 valence electrons. The van der Waals surface area contributed by atoms with Crippen molar-refractivity contribution in [1.29, 1.82) is 0 Å². The SMILES string of the molecule is COc1ccc(CN(C(=O)OC(C)(C)C)C2=NC(F)C(C=O)C=C2)cn1. The first kappa shape index (κ1) is 19.6. The zero-order valence-corrected chi connectivity index (χ0v) is 15.2. The summed E-state index contributed by atoms with van der Waals surface area (Å²) in [6, 6.07) is 3.39. The van der Waals surface area contributed by atoms with Gasteiger partial charge in [-0.25, -0.2) is 19.2 Å². The van der Waals surface area contributed by atoms with Crippen LogP contribution in [0.2, 0.25) is 0 Å². The average molecular weight is 363 g/mol. The molecule has 1 aromatic rings. The van der Waals surface area contributed by atoms with Crippen LogP contribution in [0.5, 0.6) is 5.88 Å². The maximum Gasteiger partial charge on any atom is 0.416 e. The number of alkyl halides is 1. The molecule has 0 spiro atoms. The Kier molecular flexibility index (Phi) is 6.07. The first-order valence-corrected chi connectivity index (χ1v) is 8.08. The molecule has 8 heteroatoms. The van der Waals surface area contributed by atoms with Gasteiger partial charge in [0.1, 0.15) is 17.7 Å². The Hall–Kier alpha value is -2.77. The Balaban J connectivity index is 2.28. The number of dihydropyridines is 1. The number of carbonyl (C=O) groups excluding carboxylic acids is 2. The molecular weight excluding hydrogens is 341 g/mol. The Morgan fingerprint density at radius 2 is 2.12 bits per heavy atom. The van der Waals surface area contributed by atoms with Crippen LogP contribution in [0.4, 0.5) is 9.18 Å². The summed E-state index contributed by atoms with van der Waals surface area (Å²) in [5.74, 6) is -0.437. The molecule has 2 unspecified atom stereocenters. The number of ether oxygens (including phenoxy) is 2. The number of amides is 1. The lowest BCUT2D eigenvalue weighted by atomic mass is 10.1. The molecule has 26 heavy (non-hydrogen) atoms. The van der Waals surface area contributed by atoms with E-state index in [1.165, 1.54) is 24.2 Å². The molecule has 0 N–H and O–H groups in total. The van der Waals surface area contributed by atoms with Gasteiger partial charge >= 0.3 is 6.09 Å². The molecule has 1 aromatic heterocycles. The molecule has 0 fully saturated rings. The Morgan fingerprint density at radius 3 is 2.62 bits per heavy atom. The van der Waals surface area contributed by atoms with Gasteiger partial charge in [0.2, 0.25) is 12.2 Å². The van der Waals surface area contributed by atoms with E-state index in [1.54, 1.807) is 39.1 Å². The minimum absolute atomic E-state index is 0.0769. The van der Waals surface area contributed by atoms with E-state index >= 15 is 0 Å². The average Bonchev–Trinajstić information content (AvgIpc) is 2.58. The summed E-state index contributed by atoms with van der Waals surface area (Å²) in [6.07, 6.45) is 2.43. The zero-order chi connectivity index (χ0) is 19.3. The van der Waals surface area contributed by atoms with Gasteiger partial charge in [0.15, 0.2) is 0 Å². The summed E-state index contributed by atoms with van der Waals surface area (Å²) in [5, 5.41) is 0. The largest absolute Gasteiger partial charge is 0.481 e. The molecule has 1 aliphatic heterocycles. The van der Waals surface area contributed by atoms with Crippen LogP contribution in [-0.4, -0.2) is 47.1 Å². The van der Waals surface area contributed by atoms with Gasteiger partial charge < -0.3 is 14.3 Å². The summed E-state index contributed by atoms with van der Waals surface area (Å²) in [5.41, 5.74) is -0.0481. The molecular formula is C18H22FN3O4. The maximum atomic E-state index is 14.0. The molecule has 1 amide bonds. The van der Waals surface area contributed by atoms with Crippen molar-refractivity contribution >= 4 is 18.2 Å². The van der Waals surface area contributed by atoms with Crippen LogP contribution >= 0.6 is 0 Å². The van der Waals surface area contributed by atoms with Gasteiger partial charge in [-0.2, -0.15) is 0 Å². The number of halogens is 1. The molecule has 2 heterocycles. The first-order valence-electron chi connectivity index (χ1n) is 8.08. The normalized spacial score (nSPS) is 19.5. The molecule has 0 aromatic carbocycles. The van der Waals surface area contributed by atoms with Crippen molar-refractivity contribution in [3.8, 4) is 5.88 Å². The number of hydrogen-bond donors (Lipinski definition) is 0. The molecule has 0 aliphatic carbocycles. The van der Waals surface area contributed by atoms with E-state index in [1.807, 2.05) is 0 Å². The lowest BCUT2D eigenvalue weighted by molar-refractivity contribution is -0.111. The van der Waals surface area contributed by atoms with Gasteiger partial charge in [-0.05, 0) is 32.4 Å². The van der Waals surface area contributed by atoms with Gasteiger partial charge in [-0.3, -0.25) is 4.90 Å². The van der Waals surface area contributed by atoms with Crippen molar-refractivity contribution in [2.24, 2.45) is 10.9 Å². The van der Waals surface area contributed by atoms with E-state index in [0.29, 0.717) is 17.7 Å². The fraction of sp³-hybridized carbons (Fsp3) is 0.444. The standard InChI is InChI=1S/C18H22FN3O4/c1-18(2,3)26-17(24)22(10-12-5-8-15(25-4)20-9-12)14-7-6-13(11-23)16(19)21-14/h5-9,11,13,16H,10H2,1-4H3. The van der Waals surface area contributed by atoms with E-state index < -0.39 is 23.9 Å². The molecule has 2 rings (SSSR count). The van der Waals surface area contributed by atoms with Crippen molar-refractivity contribution < 1.29 is 23.5 Å². The second-order valence-electron chi connectivity index (χ2n) is 6.71. The van der Waals surface area contributed by atoms with Crippen LogP contribution in [0.15, 0.2) is 35.5 Å². The molecule has 1 aliphatic rings. The van der Waals surface area contributed by atoms with Crippen LogP contribution in [0.1, 0.15) is 26.3 Å². The predicted octanol–water partition coefficient (Wildman–Crippen LogP) is 2.91. The number of methoxy groups -OCH3 is 1. The van der Waals surface area contributed by atoms with E-state index in [2.05, 4.69) is 9.98 Å². The van der Waals surface area contributed by atoms with Gasteiger partial charge in [0, 0.05) is 12.3 Å². The zero-order valence-electron chi connectivity index (χ0n) is 15.2. The second-order valence-corrected chi connectivity index (χ2v) is 6.71. The molecule has 0 radical (unpaired) electrons. The monoisotopic (exact) mass is 363 g/mol. The van der Waals surface area contributed by atoms with Crippen molar-refractivity contribution in [2.75, 3.05) is 7.11 Å². The fourth-order valence-electron chi connectivity index (χ4n) is 2.18. The third-order valence-electron chi connectivity index (χ3n) is 3.44. The molecule has 7 nitrogen and oxygen atoms in total. The van der Waals surface area contributed by atoms with Crippen molar-refractivity contribution in [2.45, 2.75) is 39.2 Å². The van der Waals surface area contributed by atoms with Crippen LogP contribution < -0.4 is 4.74 Å². The van der Waals surface area contributed by atoms with Gasteiger partial charge in [0.25, 0.3) is 0 Å². The number of carbonyl (C=O) groups is 2. The number of nitrogens with zero attached hydrogens (tertiary/aromatic N) is 3. The lowest BCUT2D eigenvalue weighted by Crippen LogP contribution is -2.41. The third-order valence-corrected chi connectivity index (χ3v) is 3.44. The van der Waals surface area contributed by atoms with Gasteiger partial charge in [-0.15, -0.1) is 0 Å². The highest BCUT2D eigenvalue weighted by Crippen LogP contribution is 2.20. The number of aliphatic imine (C=N–C) groups is 1. The second kappa shape index (κ2) is 8.07. The number of hydrogen-bond acceptors (Lipinski definition) is 6. The maximum absolute atomic E-state index is 14.0. The predicted molar refractivity (Wildman–Crippen MR) is 93.6 cm³/mol. The summed E-state index contributed by atoms with van der Waals surface area (Å²) < 4.78 is 24.4.